The third-order valence-electron chi connectivity index (χ3n) is 3.20. The molecule has 0 saturated carbocycles. The Kier molecular flexibility index (Phi) is 7.29. The molecule has 1 aliphatic heterocycles. The van der Waals surface area contributed by atoms with Crippen LogP contribution >= 0.6 is 24.2 Å². The molecule has 2 unspecified atom stereocenters. The summed E-state index contributed by atoms with van der Waals surface area (Å²) >= 11 is -0.108. The first-order chi connectivity index (χ1) is 9.44. The lowest BCUT2D eigenvalue weighted by atomic mass is 10.1. The van der Waals surface area contributed by atoms with Gasteiger partial charge in [-0.05, 0) is 29.5 Å². The third kappa shape index (κ3) is 6.44. The van der Waals surface area contributed by atoms with Crippen molar-refractivity contribution in [3.05, 3.63) is 29.8 Å². The van der Waals surface area contributed by atoms with Crippen LogP contribution in [0.2, 0.25) is 0 Å². The fourth-order valence-electron chi connectivity index (χ4n) is 2.14. The molecular formula is C13H18ClF3N2OS. The van der Waals surface area contributed by atoms with E-state index in [0.29, 0.717) is 19.6 Å². The molecule has 0 radical (unpaired) electrons. The van der Waals surface area contributed by atoms with Gasteiger partial charge >= 0.3 is 5.51 Å². The second kappa shape index (κ2) is 8.24. The van der Waals surface area contributed by atoms with Crippen molar-refractivity contribution >= 4 is 24.2 Å². The van der Waals surface area contributed by atoms with E-state index in [1.165, 1.54) is 12.1 Å². The average Bonchev–Trinajstić information content (AvgIpc) is 2.76. The summed E-state index contributed by atoms with van der Waals surface area (Å²) in [5.41, 5.74) is -3.32. The molecule has 1 heterocycles. The molecule has 0 spiro atoms. The molecule has 2 atom stereocenters. The van der Waals surface area contributed by atoms with Gasteiger partial charge in [-0.2, -0.15) is 13.2 Å². The van der Waals surface area contributed by atoms with Gasteiger partial charge in [0.1, 0.15) is 0 Å². The van der Waals surface area contributed by atoms with Gasteiger partial charge in [-0.1, -0.05) is 12.1 Å². The van der Waals surface area contributed by atoms with E-state index in [2.05, 4.69) is 10.6 Å². The highest BCUT2D eigenvalue weighted by molar-refractivity contribution is 8.00. The normalized spacial score (nSPS) is 22.1. The Morgan fingerprint density at radius 3 is 2.43 bits per heavy atom. The summed E-state index contributed by atoms with van der Waals surface area (Å²) in [7, 11) is 0. The van der Waals surface area contributed by atoms with E-state index in [4.69, 9.17) is 0 Å². The van der Waals surface area contributed by atoms with E-state index >= 15 is 0 Å². The summed E-state index contributed by atoms with van der Waals surface area (Å²) in [6, 6.07) is 6.32. The van der Waals surface area contributed by atoms with Crippen molar-refractivity contribution < 1.29 is 18.3 Å². The summed E-state index contributed by atoms with van der Waals surface area (Å²) in [4.78, 5) is 0.191. The highest BCUT2D eigenvalue weighted by atomic mass is 35.5. The molecule has 21 heavy (non-hydrogen) atoms. The Bertz CT molecular complexity index is 430. The van der Waals surface area contributed by atoms with Crippen LogP contribution in [0.3, 0.4) is 0 Å². The van der Waals surface area contributed by atoms with E-state index in [9.17, 15) is 18.3 Å². The topological polar surface area (TPSA) is 44.3 Å². The van der Waals surface area contributed by atoms with E-state index in [1.807, 2.05) is 0 Å². The number of thioether (sulfide) groups is 1. The van der Waals surface area contributed by atoms with Gasteiger partial charge in [-0.25, -0.2) is 0 Å². The van der Waals surface area contributed by atoms with Crippen LogP contribution in [0.1, 0.15) is 5.56 Å². The summed E-state index contributed by atoms with van der Waals surface area (Å²) in [5, 5.41) is 15.9. The average molecular weight is 343 g/mol. The molecule has 0 amide bonds. The van der Waals surface area contributed by atoms with Crippen LogP contribution in [0, 0.1) is 5.92 Å². The number of rotatable bonds is 5. The van der Waals surface area contributed by atoms with Crippen molar-refractivity contribution in [1.29, 1.82) is 0 Å². The molecule has 0 bridgehead atoms. The largest absolute Gasteiger partial charge is 0.446 e. The van der Waals surface area contributed by atoms with Crippen molar-refractivity contribution in [2.45, 2.75) is 23.1 Å². The predicted molar refractivity (Wildman–Crippen MR) is 79.7 cm³/mol. The Morgan fingerprint density at radius 1 is 1.24 bits per heavy atom. The van der Waals surface area contributed by atoms with Gasteiger partial charge in [0.2, 0.25) is 0 Å². The lowest BCUT2D eigenvalue weighted by molar-refractivity contribution is -0.0328. The van der Waals surface area contributed by atoms with Crippen molar-refractivity contribution in [1.82, 2.24) is 10.6 Å². The highest BCUT2D eigenvalue weighted by Crippen LogP contribution is 2.36. The smallest absolute Gasteiger partial charge is 0.391 e. The zero-order valence-corrected chi connectivity index (χ0v) is 12.8. The van der Waals surface area contributed by atoms with E-state index in [-0.39, 0.29) is 41.1 Å². The molecule has 8 heteroatoms. The second-order valence-electron chi connectivity index (χ2n) is 4.81. The second-order valence-corrected chi connectivity index (χ2v) is 5.95. The van der Waals surface area contributed by atoms with Gasteiger partial charge in [0.05, 0.1) is 6.10 Å². The monoisotopic (exact) mass is 342 g/mol. The maximum absolute atomic E-state index is 12.2. The molecule has 2 rings (SSSR count). The van der Waals surface area contributed by atoms with Gasteiger partial charge in [0.15, 0.2) is 0 Å². The summed E-state index contributed by atoms with van der Waals surface area (Å²) in [5.74, 6) is 0.190. The van der Waals surface area contributed by atoms with Crippen LogP contribution in [0.25, 0.3) is 0 Å². The summed E-state index contributed by atoms with van der Waals surface area (Å²) in [6.07, 6.45) is -0.326. The Morgan fingerprint density at radius 2 is 1.90 bits per heavy atom. The molecule has 0 aliphatic carbocycles. The maximum atomic E-state index is 12.2. The van der Waals surface area contributed by atoms with Crippen LogP contribution < -0.4 is 10.6 Å². The fraction of sp³-hybridized carbons (Fsp3) is 0.538. The van der Waals surface area contributed by atoms with Gasteiger partial charge in [0, 0.05) is 37.0 Å². The van der Waals surface area contributed by atoms with Crippen LogP contribution in [0.15, 0.2) is 29.2 Å². The van der Waals surface area contributed by atoms with Crippen molar-refractivity contribution in [3.63, 3.8) is 0 Å². The third-order valence-corrected chi connectivity index (χ3v) is 3.94. The number of nitrogens with one attached hydrogen (secondary N) is 2. The predicted octanol–water partition coefficient (Wildman–Crippen LogP) is 2.39. The lowest BCUT2D eigenvalue weighted by Gasteiger charge is -2.14. The molecule has 1 aliphatic rings. The number of alkyl halides is 3. The van der Waals surface area contributed by atoms with Gasteiger partial charge in [0.25, 0.3) is 0 Å². The molecule has 1 aromatic carbocycles. The van der Waals surface area contributed by atoms with Crippen LogP contribution in [-0.4, -0.2) is 36.4 Å². The number of β-amino-alcohol motifs (C(OH)–C–C–N with tert-alkyl or cyclic N) is 1. The molecule has 1 fully saturated rings. The zero-order chi connectivity index (χ0) is 14.6. The first-order valence-electron chi connectivity index (χ1n) is 6.38. The summed E-state index contributed by atoms with van der Waals surface area (Å²) < 4.78 is 36.5. The number of hydrogen-bond acceptors (Lipinski definition) is 4. The molecule has 1 saturated heterocycles. The van der Waals surface area contributed by atoms with Gasteiger partial charge in [-0.3, -0.25) is 0 Å². The quantitative estimate of drug-likeness (QED) is 0.719. The van der Waals surface area contributed by atoms with E-state index < -0.39 is 5.51 Å². The SMILES string of the molecule is Cl.OC1CNCC1CNCc1ccc(SC(F)(F)F)cc1. The molecule has 1 aromatic rings. The molecular weight excluding hydrogens is 325 g/mol. The minimum atomic E-state index is -4.24. The van der Waals surface area contributed by atoms with Crippen LogP contribution in [0.5, 0.6) is 0 Å². The van der Waals surface area contributed by atoms with Gasteiger partial charge < -0.3 is 15.7 Å². The summed E-state index contributed by atoms with van der Waals surface area (Å²) in [6.45, 7) is 2.68. The Hall–Kier alpha value is -0.470. The standard InChI is InChI=1S/C13H17F3N2OS.ClH/c14-13(15,16)20-11-3-1-9(2-4-11)5-17-6-10-7-18-8-12(10)19;/h1-4,10,12,17-19H,5-8H2;1H. The van der Waals surface area contributed by atoms with Crippen LogP contribution in [0.4, 0.5) is 13.2 Å². The van der Waals surface area contributed by atoms with Crippen molar-refractivity contribution in [2.24, 2.45) is 5.92 Å². The minimum absolute atomic E-state index is 0. The Balaban J connectivity index is 0.00000220. The van der Waals surface area contributed by atoms with Crippen molar-refractivity contribution in [3.8, 4) is 0 Å². The van der Waals surface area contributed by atoms with E-state index in [0.717, 1.165) is 12.1 Å². The maximum Gasteiger partial charge on any atom is 0.446 e. The lowest BCUT2D eigenvalue weighted by Crippen LogP contribution is -2.30. The molecule has 3 nitrogen and oxygen atoms in total. The molecule has 120 valence electrons. The number of aliphatic hydroxyl groups is 1. The van der Waals surface area contributed by atoms with Crippen LogP contribution in [-0.2, 0) is 6.54 Å². The molecule has 0 aromatic heterocycles. The number of hydrogen-bond donors (Lipinski definition) is 3. The highest BCUT2D eigenvalue weighted by Gasteiger charge is 2.29. The fourth-order valence-corrected chi connectivity index (χ4v) is 2.68. The Labute approximate surface area is 132 Å². The minimum Gasteiger partial charge on any atom is -0.391 e. The van der Waals surface area contributed by atoms with Crippen molar-refractivity contribution in [2.75, 3.05) is 19.6 Å². The first-order valence-corrected chi connectivity index (χ1v) is 7.20. The molecule has 3 N–H and O–H groups in total. The number of halogens is 4. The zero-order valence-electron chi connectivity index (χ0n) is 11.2. The first kappa shape index (κ1) is 18.6. The number of benzene rings is 1. The van der Waals surface area contributed by atoms with Gasteiger partial charge in [-0.15, -0.1) is 12.4 Å². The van der Waals surface area contributed by atoms with E-state index in [1.54, 1.807) is 12.1 Å². The number of aliphatic hydroxyl groups excluding tert-OH is 1.